The number of benzene rings is 2. The Balaban J connectivity index is 1.72. The van der Waals surface area contributed by atoms with Crippen LogP contribution >= 0.6 is 0 Å². The fraction of sp³-hybridized carbons (Fsp3) is 0.333. The van der Waals surface area contributed by atoms with Gasteiger partial charge in [-0.25, -0.2) is 0 Å². The van der Waals surface area contributed by atoms with E-state index in [1.807, 2.05) is 36.4 Å². The van der Waals surface area contributed by atoms with Crippen molar-refractivity contribution >= 4 is 10.1 Å². The molecule has 0 spiro atoms. The Morgan fingerprint density at radius 3 is 2.26 bits per heavy atom. The van der Waals surface area contributed by atoms with Crippen molar-refractivity contribution in [3.05, 3.63) is 71.8 Å². The average molecular weight is 331 g/mol. The molecule has 2 atom stereocenters. The van der Waals surface area contributed by atoms with Gasteiger partial charge in [0.2, 0.25) is 0 Å². The molecule has 1 aliphatic heterocycles. The van der Waals surface area contributed by atoms with Crippen LogP contribution < -0.4 is 0 Å². The molecule has 2 aromatic carbocycles. The van der Waals surface area contributed by atoms with Crippen molar-refractivity contribution < 1.29 is 12.6 Å². The molecule has 0 aliphatic carbocycles. The molecule has 23 heavy (non-hydrogen) atoms. The first-order valence-corrected chi connectivity index (χ1v) is 9.52. The van der Waals surface area contributed by atoms with E-state index >= 15 is 0 Å². The highest BCUT2D eigenvalue weighted by Gasteiger charge is 2.40. The summed E-state index contributed by atoms with van der Waals surface area (Å²) in [6, 6.07) is 20.5. The van der Waals surface area contributed by atoms with Crippen molar-refractivity contribution in [1.29, 1.82) is 0 Å². The van der Waals surface area contributed by atoms with Crippen molar-refractivity contribution in [3.63, 3.8) is 0 Å². The van der Waals surface area contributed by atoms with Crippen LogP contribution in [0.1, 0.15) is 17.0 Å². The molecule has 5 heteroatoms. The topological polar surface area (TPSA) is 46.6 Å². The van der Waals surface area contributed by atoms with Gasteiger partial charge in [-0.05, 0) is 11.1 Å². The summed E-state index contributed by atoms with van der Waals surface area (Å²) in [5.41, 5.74) is 2.46. The van der Waals surface area contributed by atoms with E-state index < -0.39 is 10.1 Å². The standard InChI is InChI=1S/C18H21NO3S/c1-23(20,21)22-14-18-17(16-10-6-3-7-11-16)13-19(18)12-15-8-4-2-5-9-15/h2-11,17-18H,12-14H2,1H3/t17-,18+/m0/s1. The maximum atomic E-state index is 11.3. The first-order chi connectivity index (χ1) is 11.0. The fourth-order valence-corrected chi connectivity index (χ4v) is 3.46. The van der Waals surface area contributed by atoms with Gasteiger partial charge in [-0.15, -0.1) is 0 Å². The summed E-state index contributed by atoms with van der Waals surface area (Å²) in [5.74, 6) is 0.307. The molecule has 122 valence electrons. The van der Waals surface area contributed by atoms with Crippen molar-refractivity contribution in [3.8, 4) is 0 Å². The van der Waals surface area contributed by atoms with Crippen LogP contribution in [0.2, 0.25) is 0 Å². The number of hydrogen-bond donors (Lipinski definition) is 0. The minimum absolute atomic E-state index is 0.0762. The van der Waals surface area contributed by atoms with Crippen LogP contribution in [0.3, 0.4) is 0 Å². The lowest BCUT2D eigenvalue weighted by Crippen LogP contribution is -2.56. The van der Waals surface area contributed by atoms with E-state index in [0.29, 0.717) is 5.92 Å². The Hall–Kier alpha value is -1.69. The van der Waals surface area contributed by atoms with Gasteiger partial charge >= 0.3 is 0 Å². The molecule has 0 aromatic heterocycles. The molecule has 1 saturated heterocycles. The molecule has 3 rings (SSSR count). The highest BCUT2D eigenvalue weighted by Crippen LogP contribution is 2.35. The summed E-state index contributed by atoms with van der Waals surface area (Å²) in [7, 11) is -3.42. The molecule has 0 bridgehead atoms. The van der Waals surface area contributed by atoms with Gasteiger partial charge in [-0.3, -0.25) is 9.08 Å². The van der Waals surface area contributed by atoms with Gasteiger partial charge in [-0.2, -0.15) is 8.42 Å². The summed E-state index contributed by atoms with van der Waals surface area (Å²) < 4.78 is 27.8. The lowest BCUT2D eigenvalue weighted by Gasteiger charge is -2.48. The van der Waals surface area contributed by atoms with E-state index in [2.05, 4.69) is 29.2 Å². The van der Waals surface area contributed by atoms with Crippen molar-refractivity contribution in [2.45, 2.75) is 18.5 Å². The normalized spacial score (nSPS) is 21.8. The van der Waals surface area contributed by atoms with E-state index in [9.17, 15) is 8.42 Å². The SMILES string of the molecule is CS(=O)(=O)OC[C@@H]1[C@H](c2ccccc2)CN1Cc1ccccc1. The second-order valence-electron chi connectivity index (χ2n) is 5.99. The predicted molar refractivity (Wildman–Crippen MR) is 90.6 cm³/mol. The van der Waals surface area contributed by atoms with Crippen molar-refractivity contribution in [2.24, 2.45) is 0 Å². The van der Waals surface area contributed by atoms with E-state index in [-0.39, 0.29) is 12.6 Å². The molecule has 0 saturated carbocycles. The maximum Gasteiger partial charge on any atom is 0.264 e. The molecule has 1 aliphatic rings. The van der Waals surface area contributed by atoms with Crippen molar-refractivity contribution in [2.75, 3.05) is 19.4 Å². The smallest absolute Gasteiger partial charge is 0.264 e. The summed E-state index contributed by atoms with van der Waals surface area (Å²) in [6.45, 7) is 1.92. The van der Waals surface area contributed by atoms with Gasteiger partial charge < -0.3 is 0 Å². The molecule has 0 amide bonds. The van der Waals surface area contributed by atoms with Crippen LogP contribution in [0, 0.1) is 0 Å². The van der Waals surface area contributed by atoms with E-state index in [4.69, 9.17) is 4.18 Å². The minimum atomic E-state index is -3.42. The molecule has 4 nitrogen and oxygen atoms in total. The third-order valence-corrected chi connectivity index (χ3v) is 4.84. The molecule has 0 N–H and O–H groups in total. The van der Waals surface area contributed by atoms with Crippen LogP contribution in [0.15, 0.2) is 60.7 Å². The summed E-state index contributed by atoms with van der Waals surface area (Å²) in [6.07, 6.45) is 1.10. The second kappa shape index (κ2) is 6.83. The van der Waals surface area contributed by atoms with Gasteiger partial charge in [-0.1, -0.05) is 60.7 Å². The fourth-order valence-electron chi connectivity index (χ4n) is 3.07. The third-order valence-electron chi connectivity index (χ3n) is 4.27. The maximum absolute atomic E-state index is 11.3. The summed E-state index contributed by atoms with van der Waals surface area (Å²) >= 11 is 0. The van der Waals surface area contributed by atoms with Crippen LogP contribution in [-0.4, -0.2) is 38.8 Å². The van der Waals surface area contributed by atoms with Crippen molar-refractivity contribution in [1.82, 2.24) is 4.90 Å². The molecule has 0 radical (unpaired) electrons. The summed E-state index contributed by atoms with van der Waals surface area (Å²) in [4.78, 5) is 2.28. The second-order valence-corrected chi connectivity index (χ2v) is 7.63. The van der Waals surface area contributed by atoms with E-state index in [1.54, 1.807) is 0 Å². The van der Waals surface area contributed by atoms with Gasteiger partial charge in [0.05, 0.1) is 12.9 Å². The van der Waals surface area contributed by atoms with Crippen LogP contribution in [0.25, 0.3) is 0 Å². The van der Waals surface area contributed by atoms with Gasteiger partial charge in [0.1, 0.15) is 0 Å². The number of likely N-dealkylation sites (tertiary alicyclic amines) is 1. The minimum Gasteiger partial charge on any atom is -0.292 e. The largest absolute Gasteiger partial charge is 0.292 e. The Labute approximate surface area is 137 Å². The molecular weight excluding hydrogens is 310 g/mol. The molecule has 1 fully saturated rings. The van der Waals surface area contributed by atoms with Crippen LogP contribution in [0.4, 0.5) is 0 Å². The van der Waals surface area contributed by atoms with E-state index in [0.717, 1.165) is 19.3 Å². The number of hydrogen-bond acceptors (Lipinski definition) is 4. The first kappa shape index (κ1) is 16.2. The quantitative estimate of drug-likeness (QED) is 0.764. The Bertz CT molecular complexity index is 731. The molecular formula is C18H21NO3S. The lowest BCUT2D eigenvalue weighted by atomic mass is 9.82. The predicted octanol–water partition coefficient (Wildman–Crippen LogP) is 2.63. The highest BCUT2D eigenvalue weighted by molar-refractivity contribution is 7.85. The molecule has 2 aromatic rings. The van der Waals surface area contributed by atoms with Gasteiger partial charge in [0.15, 0.2) is 0 Å². The third kappa shape index (κ3) is 4.19. The van der Waals surface area contributed by atoms with Gasteiger partial charge in [0, 0.05) is 25.0 Å². The zero-order chi connectivity index (χ0) is 16.3. The monoisotopic (exact) mass is 331 g/mol. The number of nitrogens with zero attached hydrogens (tertiary/aromatic N) is 1. The number of rotatable bonds is 6. The zero-order valence-electron chi connectivity index (χ0n) is 13.1. The molecule has 1 heterocycles. The van der Waals surface area contributed by atoms with E-state index in [1.165, 1.54) is 11.1 Å². The lowest BCUT2D eigenvalue weighted by molar-refractivity contribution is 0.0195. The van der Waals surface area contributed by atoms with Crippen LogP contribution in [-0.2, 0) is 20.8 Å². The summed E-state index contributed by atoms with van der Waals surface area (Å²) in [5, 5.41) is 0. The average Bonchev–Trinajstić information content (AvgIpc) is 2.52. The Morgan fingerprint density at radius 2 is 1.65 bits per heavy atom. The van der Waals surface area contributed by atoms with Gasteiger partial charge in [0.25, 0.3) is 10.1 Å². The molecule has 0 unspecified atom stereocenters. The Morgan fingerprint density at radius 1 is 1.04 bits per heavy atom. The highest BCUT2D eigenvalue weighted by atomic mass is 32.2. The Kier molecular flexibility index (Phi) is 4.80. The first-order valence-electron chi connectivity index (χ1n) is 7.70. The van der Waals surface area contributed by atoms with Crippen LogP contribution in [0.5, 0.6) is 0 Å². The zero-order valence-corrected chi connectivity index (χ0v) is 13.9.